The molecule has 0 saturated carbocycles. The fraction of sp³-hybridized carbons (Fsp3) is 0.333. The molecule has 4 heteroatoms. The van der Waals surface area contributed by atoms with Crippen molar-refractivity contribution >= 4 is 23.9 Å². The molecule has 0 spiro atoms. The monoisotopic (exact) mass is 121 g/mol. The molecule has 1 amide bonds. The van der Waals surface area contributed by atoms with Crippen LogP contribution in [0.2, 0.25) is 0 Å². The quantitative estimate of drug-likeness (QED) is 0.415. The first-order valence-electron chi connectivity index (χ1n) is 1.59. The average molecular weight is 122 g/mol. The van der Waals surface area contributed by atoms with Gasteiger partial charge in [0, 0.05) is 6.21 Å². The number of rotatable bonds is 1. The largest absolute Gasteiger partial charge is 0.463 e. The van der Waals surface area contributed by atoms with Crippen LogP contribution in [0, 0.1) is 0 Å². The molecule has 0 radical (unpaired) electrons. The van der Waals surface area contributed by atoms with Gasteiger partial charge in [0.05, 0.1) is 5.88 Å². The van der Waals surface area contributed by atoms with Crippen LogP contribution in [0.15, 0.2) is 4.99 Å². The predicted octanol–water partition coefficient (Wildman–Crippen LogP) is 0.974. The predicted molar refractivity (Wildman–Crippen MR) is 27.2 cm³/mol. The Kier molecular flexibility index (Phi) is 3.32. The minimum Gasteiger partial charge on any atom is -0.463 e. The summed E-state index contributed by atoms with van der Waals surface area (Å²) in [4.78, 5) is 12.4. The van der Waals surface area contributed by atoms with Crippen LogP contribution in [-0.2, 0) is 0 Å². The van der Waals surface area contributed by atoms with Gasteiger partial charge in [0.15, 0.2) is 0 Å². The Labute approximate surface area is 45.6 Å². The van der Waals surface area contributed by atoms with Crippen LogP contribution in [0.25, 0.3) is 0 Å². The first-order chi connectivity index (χ1) is 3.27. The Morgan fingerprint density at radius 2 is 2.57 bits per heavy atom. The van der Waals surface area contributed by atoms with Crippen molar-refractivity contribution in [2.45, 2.75) is 0 Å². The second kappa shape index (κ2) is 3.61. The maximum Gasteiger partial charge on any atom is 0.430 e. The van der Waals surface area contributed by atoms with Crippen molar-refractivity contribution in [3.63, 3.8) is 0 Å². The number of alkyl halides is 1. The van der Waals surface area contributed by atoms with E-state index in [1.165, 1.54) is 0 Å². The molecule has 1 N–H and O–H groups in total. The fourth-order valence-electron chi connectivity index (χ4n) is 0.113. The highest BCUT2D eigenvalue weighted by molar-refractivity contribution is 6.25. The lowest BCUT2D eigenvalue weighted by atomic mass is 10.9. The van der Waals surface area contributed by atoms with E-state index in [2.05, 4.69) is 4.99 Å². The van der Waals surface area contributed by atoms with Gasteiger partial charge in [-0.1, -0.05) is 0 Å². The Morgan fingerprint density at radius 1 is 2.00 bits per heavy atom. The number of halogens is 1. The van der Waals surface area contributed by atoms with E-state index in [1.54, 1.807) is 0 Å². The van der Waals surface area contributed by atoms with Crippen molar-refractivity contribution in [3.8, 4) is 0 Å². The number of carbonyl (C=O) groups is 1. The molecule has 7 heavy (non-hydrogen) atoms. The standard InChI is InChI=1S/C3H4ClNO2/c4-1-2-5-3(6)7/h2H,1H2,(H,6,7). The van der Waals surface area contributed by atoms with Crippen molar-refractivity contribution < 1.29 is 9.90 Å². The van der Waals surface area contributed by atoms with E-state index in [4.69, 9.17) is 16.7 Å². The summed E-state index contributed by atoms with van der Waals surface area (Å²) in [6.07, 6.45) is -0.0928. The first-order valence-corrected chi connectivity index (χ1v) is 2.12. The topological polar surface area (TPSA) is 49.7 Å². The molecule has 0 aromatic heterocycles. The zero-order valence-electron chi connectivity index (χ0n) is 3.47. The molecule has 0 bridgehead atoms. The van der Waals surface area contributed by atoms with E-state index < -0.39 is 6.09 Å². The van der Waals surface area contributed by atoms with Crippen molar-refractivity contribution in [1.29, 1.82) is 0 Å². The summed E-state index contributed by atoms with van der Waals surface area (Å²) in [5.41, 5.74) is 0. The van der Waals surface area contributed by atoms with Crippen LogP contribution in [0.4, 0.5) is 4.79 Å². The molecule has 0 fully saturated rings. The summed E-state index contributed by atoms with van der Waals surface area (Å²) in [6, 6.07) is 0. The van der Waals surface area contributed by atoms with E-state index >= 15 is 0 Å². The van der Waals surface area contributed by atoms with Crippen LogP contribution in [0.3, 0.4) is 0 Å². The van der Waals surface area contributed by atoms with E-state index in [-0.39, 0.29) is 5.88 Å². The van der Waals surface area contributed by atoms with Gasteiger partial charge in [-0.2, -0.15) is 4.99 Å². The van der Waals surface area contributed by atoms with Crippen LogP contribution >= 0.6 is 11.6 Å². The van der Waals surface area contributed by atoms with Gasteiger partial charge in [-0.15, -0.1) is 11.6 Å². The third-order valence-electron chi connectivity index (χ3n) is 0.271. The summed E-state index contributed by atoms with van der Waals surface area (Å²) in [5, 5.41) is 7.79. The number of amides is 1. The SMILES string of the molecule is O=C(O)N=CCCl. The second-order valence-corrected chi connectivity index (χ2v) is 1.06. The van der Waals surface area contributed by atoms with Gasteiger partial charge in [-0.3, -0.25) is 0 Å². The molecule has 0 aliphatic heterocycles. The molecule has 0 rings (SSSR count). The smallest absolute Gasteiger partial charge is 0.430 e. The maximum absolute atomic E-state index is 9.50. The summed E-state index contributed by atoms with van der Waals surface area (Å²) in [5.74, 6) is 0.145. The van der Waals surface area contributed by atoms with Gasteiger partial charge in [0.1, 0.15) is 0 Å². The number of nitrogens with zero attached hydrogens (tertiary/aromatic N) is 1. The summed E-state index contributed by atoms with van der Waals surface area (Å²) in [6.45, 7) is 0. The highest BCUT2D eigenvalue weighted by atomic mass is 35.5. The molecular weight excluding hydrogens is 117 g/mol. The normalized spacial score (nSPS) is 9.86. The molecular formula is C3H4ClNO2. The third kappa shape index (κ3) is 5.43. The van der Waals surface area contributed by atoms with Crippen LogP contribution in [0.5, 0.6) is 0 Å². The van der Waals surface area contributed by atoms with E-state index in [0.29, 0.717) is 0 Å². The molecule has 0 aliphatic rings. The van der Waals surface area contributed by atoms with E-state index in [1.807, 2.05) is 0 Å². The average Bonchev–Trinajstić information content (AvgIpc) is 1.61. The van der Waals surface area contributed by atoms with Crippen LogP contribution in [-0.4, -0.2) is 23.3 Å². The minimum atomic E-state index is -1.21. The molecule has 0 atom stereocenters. The number of hydrogen-bond acceptors (Lipinski definition) is 1. The lowest BCUT2D eigenvalue weighted by Gasteiger charge is -1.72. The molecule has 3 nitrogen and oxygen atoms in total. The zero-order chi connectivity index (χ0) is 5.70. The molecule has 0 aliphatic carbocycles. The summed E-state index contributed by atoms with van der Waals surface area (Å²) >= 11 is 5.03. The Bertz CT molecular complexity index is 90.9. The van der Waals surface area contributed by atoms with Crippen molar-refractivity contribution in [1.82, 2.24) is 0 Å². The van der Waals surface area contributed by atoms with Crippen molar-refractivity contribution in [2.24, 2.45) is 4.99 Å². The van der Waals surface area contributed by atoms with Gasteiger partial charge < -0.3 is 5.11 Å². The number of hydrogen-bond donors (Lipinski definition) is 1. The van der Waals surface area contributed by atoms with Gasteiger partial charge in [-0.25, -0.2) is 4.79 Å². The molecule has 0 aromatic carbocycles. The number of carboxylic acid groups (broad SMARTS) is 1. The molecule has 0 aromatic rings. The first kappa shape index (κ1) is 6.43. The maximum atomic E-state index is 9.50. The highest BCUT2D eigenvalue weighted by Crippen LogP contribution is 1.70. The molecule has 0 heterocycles. The molecule has 0 saturated heterocycles. The van der Waals surface area contributed by atoms with Crippen molar-refractivity contribution in [2.75, 3.05) is 5.88 Å². The minimum absolute atomic E-state index is 0.145. The van der Waals surface area contributed by atoms with Crippen LogP contribution in [0.1, 0.15) is 0 Å². The van der Waals surface area contributed by atoms with Gasteiger partial charge in [0.2, 0.25) is 0 Å². The fourth-order valence-corrected chi connectivity index (χ4v) is 0.182. The highest BCUT2D eigenvalue weighted by Gasteiger charge is 1.80. The van der Waals surface area contributed by atoms with Crippen molar-refractivity contribution in [3.05, 3.63) is 0 Å². The Hall–Kier alpha value is -0.570. The lowest BCUT2D eigenvalue weighted by Crippen LogP contribution is -1.85. The molecule has 0 unspecified atom stereocenters. The second-order valence-electron chi connectivity index (χ2n) is 0.749. The van der Waals surface area contributed by atoms with Crippen LogP contribution < -0.4 is 0 Å². The number of aliphatic imine (C=N–C) groups is 1. The van der Waals surface area contributed by atoms with Gasteiger partial charge >= 0.3 is 6.09 Å². The van der Waals surface area contributed by atoms with E-state index in [9.17, 15) is 4.79 Å². The van der Waals surface area contributed by atoms with Gasteiger partial charge in [-0.05, 0) is 0 Å². The van der Waals surface area contributed by atoms with E-state index in [0.717, 1.165) is 6.21 Å². The Morgan fingerprint density at radius 3 is 2.71 bits per heavy atom. The molecule has 40 valence electrons. The zero-order valence-corrected chi connectivity index (χ0v) is 4.22. The Balaban J connectivity index is 3.26. The van der Waals surface area contributed by atoms with Gasteiger partial charge in [0.25, 0.3) is 0 Å². The third-order valence-corrected chi connectivity index (χ3v) is 0.409. The summed E-state index contributed by atoms with van der Waals surface area (Å²) < 4.78 is 0. The summed E-state index contributed by atoms with van der Waals surface area (Å²) in [7, 11) is 0. The lowest BCUT2D eigenvalue weighted by molar-refractivity contribution is 0.206.